The van der Waals surface area contributed by atoms with Crippen LogP contribution in [0.2, 0.25) is 5.02 Å². The third-order valence-corrected chi connectivity index (χ3v) is 7.58. The molecule has 31 heavy (non-hydrogen) atoms. The largest absolute Gasteiger partial charge is 0.361 e. The molecule has 0 bridgehead atoms. The van der Waals surface area contributed by atoms with Crippen molar-refractivity contribution < 1.29 is 4.52 Å². The molecule has 0 amide bonds. The minimum atomic E-state index is 0.423. The standard InChI is InChI=1S/C24H28ClN5O/c1-29-13-17-12-18(25)10-11-20(17)30-22(14-29)26-27-24(30)16-8-6-15(7-9-16)23-19-4-2-3-5-21(19)31-28-23/h10-12,15-16H,2-9,13-14H2,1H3/t15-,16-. The second-order valence-corrected chi connectivity index (χ2v) is 9.92. The molecule has 0 unspecified atom stereocenters. The van der Waals surface area contributed by atoms with Crippen molar-refractivity contribution in [2.24, 2.45) is 0 Å². The Balaban J connectivity index is 1.28. The summed E-state index contributed by atoms with van der Waals surface area (Å²) in [5.41, 5.74) is 5.07. The zero-order valence-electron chi connectivity index (χ0n) is 18.0. The first-order chi connectivity index (χ1) is 15.2. The molecular weight excluding hydrogens is 410 g/mol. The van der Waals surface area contributed by atoms with Crippen LogP contribution in [0.4, 0.5) is 0 Å². The molecule has 0 spiro atoms. The van der Waals surface area contributed by atoms with Crippen molar-refractivity contribution in [2.45, 2.75) is 76.3 Å². The van der Waals surface area contributed by atoms with Gasteiger partial charge in [-0.3, -0.25) is 9.47 Å². The molecule has 162 valence electrons. The molecule has 1 aliphatic heterocycles. The fourth-order valence-electron chi connectivity index (χ4n) is 5.80. The van der Waals surface area contributed by atoms with Gasteiger partial charge in [-0.2, -0.15) is 0 Å². The molecule has 3 heterocycles. The molecule has 0 saturated heterocycles. The molecule has 3 aromatic rings. The van der Waals surface area contributed by atoms with Crippen LogP contribution in [0.3, 0.4) is 0 Å². The number of halogens is 1. The monoisotopic (exact) mass is 437 g/mol. The maximum absolute atomic E-state index is 6.31. The van der Waals surface area contributed by atoms with Crippen LogP contribution >= 0.6 is 11.6 Å². The Bertz CT molecular complexity index is 1110. The van der Waals surface area contributed by atoms with E-state index in [1.807, 2.05) is 6.07 Å². The zero-order valence-corrected chi connectivity index (χ0v) is 18.7. The molecule has 6 rings (SSSR count). The highest BCUT2D eigenvalue weighted by atomic mass is 35.5. The van der Waals surface area contributed by atoms with E-state index in [4.69, 9.17) is 21.2 Å². The van der Waals surface area contributed by atoms with E-state index in [-0.39, 0.29) is 0 Å². The maximum Gasteiger partial charge on any atom is 0.151 e. The summed E-state index contributed by atoms with van der Waals surface area (Å²) in [5.74, 6) is 4.21. The fourth-order valence-corrected chi connectivity index (χ4v) is 6.00. The third-order valence-electron chi connectivity index (χ3n) is 7.35. The first-order valence-electron chi connectivity index (χ1n) is 11.6. The topological polar surface area (TPSA) is 60.0 Å². The minimum Gasteiger partial charge on any atom is -0.361 e. The minimum absolute atomic E-state index is 0.423. The number of fused-ring (bicyclic) bond motifs is 4. The normalized spacial score (nSPS) is 23.7. The van der Waals surface area contributed by atoms with Crippen molar-refractivity contribution in [3.8, 4) is 5.69 Å². The van der Waals surface area contributed by atoms with E-state index < -0.39 is 0 Å². The van der Waals surface area contributed by atoms with Gasteiger partial charge in [0.15, 0.2) is 5.82 Å². The number of benzene rings is 1. The summed E-state index contributed by atoms with van der Waals surface area (Å²) in [4.78, 5) is 2.27. The van der Waals surface area contributed by atoms with Gasteiger partial charge in [-0.15, -0.1) is 10.2 Å². The van der Waals surface area contributed by atoms with Crippen molar-refractivity contribution in [1.82, 2.24) is 24.8 Å². The number of aryl methyl sites for hydroxylation is 1. The predicted molar refractivity (Wildman–Crippen MR) is 119 cm³/mol. The molecule has 0 N–H and O–H groups in total. The predicted octanol–water partition coefficient (Wildman–Crippen LogP) is 5.17. The lowest BCUT2D eigenvalue weighted by molar-refractivity contribution is 0.315. The van der Waals surface area contributed by atoms with Crippen molar-refractivity contribution in [1.29, 1.82) is 0 Å². The van der Waals surface area contributed by atoms with Crippen LogP contribution in [0.25, 0.3) is 5.69 Å². The Labute approximate surface area is 187 Å². The van der Waals surface area contributed by atoms with Gasteiger partial charge in [0, 0.05) is 35.4 Å². The third kappa shape index (κ3) is 3.40. The van der Waals surface area contributed by atoms with Crippen molar-refractivity contribution in [2.75, 3.05) is 7.05 Å². The zero-order chi connectivity index (χ0) is 20.9. The molecular formula is C24H28ClN5O. The molecule has 2 aliphatic carbocycles. The van der Waals surface area contributed by atoms with Gasteiger partial charge in [-0.25, -0.2) is 0 Å². The Morgan fingerprint density at radius 1 is 1.00 bits per heavy atom. The van der Waals surface area contributed by atoms with Crippen molar-refractivity contribution in [3.63, 3.8) is 0 Å². The first-order valence-corrected chi connectivity index (χ1v) is 11.9. The molecule has 1 aromatic carbocycles. The molecule has 0 atom stereocenters. The van der Waals surface area contributed by atoms with Gasteiger partial charge in [0.05, 0.1) is 17.9 Å². The van der Waals surface area contributed by atoms with Gasteiger partial charge in [-0.1, -0.05) is 16.8 Å². The van der Waals surface area contributed by atoms with Crippen LogP contribution in [-0.4, -0.2) is 31.9 Å². The molecule has 0 radical (unpaired) electrons. The number of rotatable bonds is 2. The van der Waals surface area contributed by atoms with Crippen molar-refractivity contribution in [3.05, 3.63) is 57.5 Å². The average Bonchev–Trinajstić information content (AvgIpc) is 3.35. The summed E-state index contributed by atoms with van der Waals surface area (Å²) in [5, 5.41) is 14.6. The highest BCUT2D eigenvalue weighted by Crippen LogP contribution is 2.43. The smallest absolute Gasteiger partial charge is 0.151 e. The average molecular weight is 438 g/mol. The Hall–Kier alpha value is -2.18. The molecule has 3 aliphatic rings. The summed E-state index contributed by atoms with van der Waals surface area (Å²) in [6.45, 7) is 1.66. The number of hydrogen-bond donors (Lipinski definition) is 0. The second kappa shape index (κ2) is 7.75. The lowest BCUT2D eigenvalue weighted by Crippen LogP contribution is -2.18. The van der Waals surface area contributed by atoms with E-state index in [1.165, 1.54) is 35.3 Å². The lowest BCUT2D eigenvalue weighted by Gasteiger charge is -2.28. The van der Waals surface area contributed by atoms with E-state index in [2.05, 4.69) is 38.9 Å². The first kappa shape index (κ1) is 19.5. The maximum atomic E-state index is 6.31. The van der Waals surface area contributed by atoms with E-state index >= 15 is 0 Å². The number of nitrogens with zero attached hydrogens (tertiary/aromatic N) is 5. The van der Waals surface area contributed by atoms with E-state index in [0.717, 1.165) is 74.0 Å². The summed E-state index contributed by atoms with van der Waals surface area (Å²) in [7, 11) is 2.12. The quantitative estimate of drug-likeness (QED) is 0.553. The van der Waals surface area contributed by atoms with Crippen LogP contribution in [0.5, 0.6) is 0 Å². The Kier molecular flexibility index (Phi) is 4.87. The van der Waals surface area contributed by atoms with Crippen LogP contribution < -0.4 is 0 Å². The molecule has 1 fully saturated rings. The molecule has 2 aromatic heterocycles. The fraction of sp³-hybridized carbons (Fsp3) is 0.542. The lowest BCUT2D eigenvalue weighted by atomic mass is 9.78. The van der Waals surface area contributed by atoms with E-state index in [9.17, 15) is 0 Å². The molecule has 7 heteroatoms. The highest BCUT2D eigenvalue weighted by Gasteiger charge is 2.33. The van der Waals surface area contributed by atoms with E-state index in [1.54, 1.807) is 0 Å². The summed E-state index contributed by atoms with van der Waals surface area (Å²) in [6.07, 6.45) is 9.19. The SMILES string of the molecule is CN1Cc2cc(Cl)ccc2-n2c(nnc2[C@H]2CC[C@H](c3noc4c3CCCC4)CC2)C1. The van der Waals surface area contributed by atoms with Gasteiger partial charge in [0.25, 0.3) is 0 Å². The Morgan fingerprint density at radius 3 is 2.68 bits per heavy atom. The van der Waals surface area contributed by atoms with Gasteiger partial charge in [0.2, 0.25) is 0 Å². The molecule has 1 saturated carbocycles. The van der Waals surface area contributed by atoms with Gasteiger partial charge >= 0.3 is 0 Å². The summed E-state index contributed by atoms with van der Waals surface area (Å²) < 4.78 is 8.00. The number of aromatic nitrogens is 4. The van der Waals surface area contributed by atoms with Gasteiger partial charge < -0.3 is 4.52 Å². The summed E-state index contributed by atoms with van der Waals surface area (Å²) >= 11 is 6.31. The van der Waals surface area contributed by atoms with Crippen LogP contribution in [0.1, 0.15) is 84.6 Å². The van der Waals surface area contributed by atoms with Crippen LogP contribution in [0, 0.1) is 0 Å². The summed E-state index contributed by atoms with van der Waals surface area (Å²) in [6, 6.07) is 6.18. The Morgan fingerprint density at radius 2 is 1.81 bits per heavy atom. The van der Waals surface area contributed by atoms with Crippen molar-refractivity contribution >= 4 is 11.6 Å². The molecule has 6 nitrogen and oxygen atoms in total. The second-order valence-electron chi connectivity index (χ2n) is 9.48. The van der Waals surface area contributed by atoms with Gasteiger partial charge in [-0.05, 0) is 75.8 Å². The van der Waals surface area contributed by atoms with Crippen LogP contribution in [-0.2, 0) is 25.9 Å². The van der Waals surface area contributed by atoms with Gasteiger partial charge in [0.1, 0.15) is 11.6 Å². The number of hydrogen-bond acceptors (Lipinski definition) is 5. The van der Waals surface area contributed by atoms with Crippen LogP contribution in [0.15, 0.2) is 22.7 Å². The highest BCUT2D eigenvalue weighted by molar-refractivity contribution is 6.30. The van der Waals surface area contributed by atoms with E-state index in [0.29, 0.717) is 11.8 Å².